The minimum atomic E-state index is -0.132. The van der Waals surface area contributed by atoms with Crippen molar-refractivity contribution in [2.24, 2.45) is 5.92 Å². The number of hydrogen-bond donors (Lipinski definition) is 1. The third kappa shape index (κ3) is 3.94. The summed E-state index contributed by atoms with van der Waals surface area (Å²) in [6, 6.07) is 7.62. The Morgan fingerprint density at radius 1 is 1.33 bits per heavy atom. The van der Waals surface area contributed by atoms with Crippen molar-refractivity contribution in [3.05, 3.63) is 40.0 Å². The van der Waals surface area contributed by atoms with Crippen molar-refractivity contribution < 1.29 is 9.32 Å². The van der Waals surface area contributed by atoms with E-state index in [1.54, 1.807) is 6.92 Å². The van der Waals surface area contributed by atoms with E-state index in [9.17, 15) is 4.79 Å². The summed E-state index contributed by atoms with van der Waals surface area (Å²) in [6.45, 7) is 6.69. The first-order chi connectivity index (χ1) is 9.99. The van der Waals surface area contributed by atoms with Gasteiger partial charge in [-0.15, -0.1) is 0 Å². The molecule has 0 bridgehead atoms. The van der Waals surface area contributed by atoms with Crippen LogP contribution in [0.1, 0.15) is 36.3 Å². The number of aryl methyl sites for hydroxylation is 1. The molecule has 0 aliphatic carbocycles. The third-order valence-electron chi connectivity index (χ3n) is 3.20. The van der Waals surface area contributed by atoms with Gasteiger partial charge < -0.3 is 9.84 Å². The zero-order valence-electron chi connectivity index (χ0n) is 12.4. The highest BCUT2D eigenvalue weighted by atomic mass is 79.9. The number of aromatic nitrogens is 1. The van der Waals surface area contributed by atoms with Crippen molar-refractivity contribution in [3.8, 4) is 11.3 Å². The van der Waals surface area contributed by atoms with Crippen LogP contribution in [0.4, 0.5) is 0 Å². The zero-order chi connectivity index (χ0) is 15.4. The van der Waals surface area contributed by atoms with Gasteiger partial charge in [0.15, 0.2) is 5.76 Å². The number of amides is 1. The molecule has 1 amide bonds. The van der Waals surface area contributed by atoms with E-state index in [1.807, 2.05) is 24.3 Å². The molecule has 112 valence electrons. The maximum atomic E-state index is 12.3. The average molecular weight is 351 g/mol. The number of rotatable bonds is 5. The number of hydrogen-bond acceptors (Lipinski definition) is 3. The van der Waals surface area contributed by atoms with E-state index in [1.165, 1.54) is 0 Å². The molecule has 4 nitrogen and oxygen atoms in total. The van der Waals surface area contributed by atoms with Crippen LogP contribution in [0.25, 0.3) is 11.3 Å². The second-order valence-electron chi connectivity index (χ2n) is 5.42. The maximum Gasteiger partial charge on any atom is 0.257 e. The Labute approximate surface area is 133 Å². The van der Waals surface area contributed by atoms with Crippen molar-refractivity contribution in [1.29, 1.82) is 0 Å². The van der Waals surface area contributed by atoms with Gasteiger partial charge in [-0.05, 0) is 43.5 Å². The Morgan fingerprint density at radius 2 is 2.00 bits per heavy atom. The Morgan fingerprint density at radius 3 is 2.62 bits per heavy atom. The van der Waals surface area contributed by atoms with E-state index in [0.717, 1.165) is 16.5 Å². The van der Waals surface area contributed by atoms with Crippen LogP contribution in [0.3, 0.4) is 0 Å². The number of benzene rings is 1. The summed E-state index contributed by atoms with van der Waals surface area (Å²) in [5, 5.41) is 6.86. The van der Waals surface area contributed by atoms with Crippen LogP contribution in [0, 0.1) is 12.8 Å². The summed E-state index contributed by atoms with van der Waals surface area (Å²) in [4.78, 5) is 12.3. The molecule has 1 N–H and O–H groups in total. The summed E-state index contributed by atoms with van der Waals surface area (Å²) >= 11 is 3.39. The lowest BCUT2D eigenvalue weighted by Gasteiger charge is -2.07. The van der Waals surface area contributed by atoms with Gasteiger partial charge >= 0.3 is 0 Å². The molecule has 2 aromatic rings. The van der Waals surface area contributed by atoms with Gasteiger partial charge in [0, 0.05) is 16.6 Å². The summed E-state index contributed by atoms with van der Waals surface area (Å²) < 4.78 is 6.32. The minimum Gasteiger partial charge on any atom is -0.355 e. The highest BCUT2D eigenvalue weighted by Gasteiger charge is 2.21. The smallest absolute Gasteiger partial charge is 0.257 e. The summed E-state index contributed by atoms with van der Waals surface area (Å²) in [5.74, 6) is 0.939. The predicted molar refractivity (Wildman–Crippen MR) is 86.2 cm³/mol. The first kappa shape index (κ1) is 15.8. The molecule has 1 aromatic carbocycles. The molecular weight excluding hydrogens is 332 g/mol. The lowest BCUT2D eigenvalue weighted by molar-refractivity contribution is 0.0951. The molecule has 0 aliphatic rings. The summed E-state index contributed by atoms with van der Waals surface area (Å²) in [5.41, 5.74) is 1.96. The highest BCUT2D eigenvalue weighted by molar-refractivity contribution is 9.10. The van der Waals surface area contributed by atoms with Crippen LogP contribution < -0.4 is 5.32 Å². The van der Waals surface area contributed by atoms with Crippen molar-refractivity contribution in [1.82, 2.24) is 10.5 Å². The van der Waals surface area contributed by atoms with E-state index in [2.05, 4.69) is 40.3 Å². The van der Waals surface area contributed by atoms with E-state index < -0.39 is 0 Å². The Balaban J connectivity index is 2.21. The summed E-state index contributed by atoms with van der Waals surface area (Å²) in [6.07, 6.45) is 0.948. The molecule has 0 spiro atoms. The van der Waals surface area contributed by atoms with Crippen molar-refractivity contribution in [3.63, 3.8) is 0 Å². The second-order valence-corrected chi connectivity index (χ2v) is 6.33. The second kappa shape index (κ2) is 6.89. The summed E-state index contributed by atoms with van der Waals surface area (Å²) in [7, 11) is 0. The van der Waals surface area contributed by atoms with Crippen LogP contribution in [0.5, 0.6) is 0 Å². The first-order valence-corrected chi connectivity index (χ1v) is 7.78. The van der Waals surface area contributed by atoms with Gasteiger partial charge in [0.1, 0.15) is 5.56 Å². The standard InChI is InChI=1S/C16H19BrN2O2/c1-10(2)8-9-18-16(20)14-11(3)19-21-15(14)12-4-6-13(17)7-5-12/h4-7,10H,8-9H2,1-3H3,(H,18,20). The Kier molecular flexibility index (Phi) is 5.17. The van der Waals surface area contributed by atoms with Crippen LogP contribution in [-0.4, -0.2) is 17.6 Å². The molecular formula is C16H19BrN2O2. The quantitative estimate of drug-likeness (QED) is 0.879. The molecule has 5 heteroatoms. The molecule has 0 saturated heterocycles. The largest absolute Gasteiger partial charge is 0.355 e. The molecule has 0 fully saturated rings. The van der Waals surface area contributed by atoms with Gasteiger partial charge in [-0.25, -0.2) is 0 Å². The van der Waals surface area contributed by atoms with Gasteiger partial charge in [-0.2, -0.15) is 0 Å². The SMILES string of the molecule is Cc1noc(-c2ccc(Br)cc2)c1C(=O)NCCC(C)C. The van der Waals surface area contributed by atoms with Gasteiger partial charge in [-0.1, -0.05) is 34.9 Å². The van der Waals surface area contributed by atoms with Crippen LogP contribution in [-0.2, 0) is 0 Å². The number of carbonyl (C=O) groups excluding carboxylic acids is 1. The van der Waals surface area contributed by atoms with Crippen molar-refractivity contribution in [2.75, 3.05) is 6.54 Å². The number of nitrogens with zero attached hydrogens (tertiary/aromatic N) is 1. The fourth-order valence-electron chi connectivity index (χ4n) is 2.00. The molecule has 2 rings (SSSR count). The molecule has 21 heavy (non-hydrogen) atoms. The number of halogens is 1. The average Bonchev–Trinajstić information content (AvgIpc) is 2.81. The van der Waals surface area contributed by atoms with Crippen LogP contribution >= 0.6 is 15.9 Å². The molecule has 1 heterocycles. The fourth-order valence-corrected chi connectivity index (χ4v) is 2.26. The normalized spacial score (nSPS) is 10.9. The van der Waals surface area contributed by atoms with Crippen molar-refractivity contribution >= 4 is 21.8 Å². The van der Waals surface area contributed by atoms with Gasteiger partial charge in [0.05, 0.1) is 5.69 Å². The molecule has 1 aromatic heterocycles. The molecule has 0 unspecified atom stereocenters. The van der Waals surface area contributed by atoms with Gasteiger partial charge in [-0.3, -0.25) is 4.79 Å². The third-order valence-corrected chi connectivity index (χ3v) is 3.73. The van der Waals surface area contributed by atoms with E-state index in [0.29, 0.717) is 29.5 Å². The molecule has 0 aliphatic heterocycles. The van der Waals surface area contributed by atoms with Crippen LogP contribution in [0.2, 0.25) is 0 Å². The van der Waals surface area contributed by atoms with E-state index in [4.69, 9.17) is 4.52 Å². The molecule has 0 radical (unpaired) electrons. The molecule has 0 atom stereocenters. The molecule has 0 saturated carbocycles. The lowest BCUT2D eigenvalue weighted by atomic mass is 10.1. The zero-order valence-corrected chi connectivity index (χ0v) is 14.0. The lowest BCUT2D eigenvalue weighted by Crippen LogP contribution is -2.26. The van der Waals surface area contributed by atoms with Crippen LogP contribution in [0.15, 0.2) is 33.3 Å². The van der Waals surface area contributed by atoms with E-state index >= 15 is 0 Å². The Hall–Kier alpha value is -1.62. The van der Waals surface area contributed by atoms with Gasteiger partial charge in [0.25, 0.3) is 5.91 Å². The minimum absolute atomic E-state index is 0.132. The first-order valence-electron chi connectivity index (χ1n) is 6.99. The van der Waals surface area contributed by atoms with Crippen molar-refractivity contribution in [2.45, 2.75) is 27.2 Å². The Bertz CT molecular complexity index is 618. The maximum absolute atomic E-state index is 12.3. The van der Waals surface area contributed by atoms with Gasteiger partial charge in [0.2, 0.25) is 0 Å². The topological polar surface area (TPSA) is 55.1 Å². The predicted octanol–water partition coefficient (Wildman–Crippen LogP) is 4.19. The number of carbonyl (C=O) groups is 1. The van der Waals surface area contributed by atoms with E-state index in [-0.39, 0.29) is 5.91 Å². The fraction of sp³-hybridized carbons (Fsp3) is 0.375. The number of nitrogens with one attached hydrogen (secondary N) is 1. The monoisotopic (exact) mass is 350 g/mol. The highest BCUT2D eigenvalue weighted by Crippen LogP contribution is 2.27.